The predicted molar refractivity (Wildman–Crippen MR) is 55.3 cm³/mol. The summed E-state index contributed by atoms with van der Waals surface area (Å²) < 4.78 is 1.69. The van der Waals surface area contributed by atoms with Gasteiger partial charge in [-0.05, 0) is 13.8 Å². The van der Waals surface area contributed by atoms with Crippen molar-refractivity contribution >= 4 is 5.97 Å². The molecule has 0 saturated carbocycles. The number of rotatable bonds is 5. The lowest BCUT2D eigenvalue weighted by Crippen LogP contribution is -2.29. The molecule has 1 unspecified atom stereocenters. The van der Waals surface area contributed by atoms with Crippen LogP contribution in [0.1, 0.15) is 19.7 Å². The second-order valence-corrected chi connectivity index (χ2v) is 3.60. The van der Waals surface area contributed by atoms with Crippen LogP contribution in [0.4, 0.5) is 0 Å². The number of aryl methyl sites for hydroxylation is 1. The van der Waals surface area contributed by atoms with Crippen molar-refractivity contribution in [2.75, 3.05) is 0 Å². The highest BCUT2D eigenvalue weighted by atomic mass is 16.4. The zero-order valence-electron chi connectivity index (χ0n) is 8.97. The molecule has 0 amide bonds. The van der Waals surface area contributed by atoms with Crippen molar-refractivity contribution in [3.05, 3.63) is 24.8 Å². The second kappa shape index (κ2) is 4.25. The first-order chi connectivity index (χ1) is 7.03. The lowest BCUT2D eigenvalue weighted by molar-refractivity contribution is -0.145. The van der Waals surface area contributed by atoms with Gasteiger partial charge in [-0.1, -0.05) is 6.08 Å². The lowest BCUT2D eigenvalue weighted by atomic mass is 9.87. The standard InChI is InChI=1S/C10H15N3O2/c1-4-10(3,9(14)15)6-8-11-7-12-13(8)5-2/h4,7H,1,5-6H2,2-3H3,(H,14,15). The third kappa shape index (κ3) is 2.23. The molecule has 5 heteroatoms. The first-order valence-electron chi connectivity index (χ1n) is 4.77. The molecule has 82 valence electrons. The Labute approximate surface area is 88.4 Å². The fraction of sp³-hybridized carbons (Fsp3) is 0.500. The minimum Gasteiger partial charge on any atom is -0.481 e. The van der Waals surface area contributed by atoms with Crippen LogP contribution in [-0.4, -0.2) is 25.8 Å². The molecule has 0 aliphatic carbocycles. The number of hydrogen-bond donors (Lipinski definition) is 1. The van der Waals surface area contributed by atoms with Gasteiger partial charge < -0.3 is 5.11 Å². The maximum atomic E-state index is 11.0. The summed E-state index contributed by atoms with van der Waals surface area (Å²) in [5, 5.41) is 13.1. The van der Waals surface area contributed by atoms with Crippen molar-refractivity contribution in [1.82, 2.24) is 14.8 Å². The Kier molecular flexibility index (Phi) is 3.24. The number of carboxylic acids is 1. The molecule has 0 spiro atoms. The van der Waals surface area contributed by atoms with Crippen LogP contribution in [0.15, 0.2) is 19.0 Å². The minimum atomic E-state index is -0.986. The Morgan fingerprint density at radius 3 is 2.93 bits per heavy atom. The zero-order chi connectivity index (χ0) is 11.5. The van der Waals surface area contributed by atoms with Crippen molar-refractivity contribution in [3.8, 4) is 0 Å². The van der Waals surface area contributed by atoms with E-state index in [0.717, 1.165) is 0 Å². The summed E-state index contributed by atoms with van der Waals surface area (Å²) in [6.45, 7) is 7.79. The van der Waals surface area contributed by atoms with E-state index in [2.05, 4.69) is 16.7 Å². The van der Waals surface area contributed by atoms with Gasteiger partial charge >= 0.3 is 5.97 Å². The molecule has 0 radical (unpaired) electrons. The topological polar surface area (TPSA) is 68.0 Å². The highest BCUT2D eigenvalue weighted by molar-refractivity contribution is 5.76. The maximum Gasteiger partial charge on any atom is 0.313 e. The third-order valence-corrected chi connectivity index (χ3v) is 2.46. The normalized spacial score (nSPS) is 14.5. The van der Waals surface area contributed by atoms with E-state index in [1.54, 1.807) is 11.6 Å². The van der Waals surface area contributed by atoms with Crippen molar-refractivity contribution < 1.29 is 9.90 Å². The predicted octanol–water partition coefficient (Wildman–Crippen LogP) is 1.12. The molecule has 1 heterocycles. The van der Waals surface area contributed by atoms with Gasteiger partial charge in [0, 0.05) is 13.0 Å². The van der Waals surface area contributed by atoms with E-state index >= 15 is 0 Å². The van der Waals surface area contributed by atoms with Crippen molar-refractivity contribution in [2.24, 2.45) is 5.41 Å². The molecular weight excluding hydrogens is 194 g/mol. The summed E-state index contributed by atoms with van der Waals surface area (Å²) in [6.07, 6.45) is 3.17. The van der Waals surface area contributed by atoms with Crippen LogP contribution in [0.25, 0.3) is 0 Å². The summed E-state index contributed by atoms with van der Waals surface area (Å²) in [5.74, 6) is -0.231. The number of carbonyl (C=O) groups is 1. The number of aliphatic carboxylic acids is 1. The first kappa shape index (κ1) is 11.4. The number of carboxylic acid groups (broad SMARTS) is 1. The summed E-state index contributed by atoms with van der Waals surface area (Å²) in [7, 11) is 0. The van der Waals surface area contributed by atoms with Gasteiger partial charge in [0.05, 0.1) is 5.41 Å². The molecule has 15 heavy (non-hydrogen) atoms. The van der Waals surface area contributed by atoms with E-state index in [-0.39, 0.29) is 0 Å². The molecule has 0 aliphatic heterocycles. The van der Waals surface area contributed by atoms with Crippen LogP contribution < -0.4 is 0 Å². The van der Waals surface area contributed by atoms with Crippen LogP contribution in [0.2, 0.25) is 0 Å². The smallest absolute Gasteiger partial charge is 0.313 e. The molecule has 0 aliphatic rings. The molecule has 1 aromatic heterocycles. The molecule has 1 atom stereocenters. The van der Waals surface area contributed by atoms with Crippen molar-refractivity contribution in [1.29, 1.82) is 0 Å². The summed E-state index contributed by atoms with van der Waals surface area (Å²) in [6, 6.07) is 0. The molecule has 0 saturated heterocycles. The lowest BCUT2D eigenvalue weighted by Gasteiger charge is -2.19. The van der Waals surface area contributed by atoms with Gasteiger partial charge in [-0.15, -0.1) is 6.58 Å². The Balaban J connectivity index is 2.93. The average Bonchev–Trinajstić information content (AvgIpc) is 2.64. The first-order valence-corrected chi connectivity index (χ1v) is 4.77. The molecule has 0 bridgehead atoms. The molecule has 1 rings (SSSR count). The number of nitrogens with zero attached hydrogens (tertiary/aromatic N) is 3. The Bertz CT molecular complexity index is 372. The van der Waals surface area contributed by atoms with Gasteiger partial charge in [0.1, 0.15) is 12.2 Å². The van der Waals surface area contributed by atoms with Gasteiger partial charge in [-0.2, -0.15) is 5.10 Å². The summed E-state index contributed by atoms with van der Waals surface area (Å²) in [4.78, 5) is 15.1. The van der Waals surface area contributed by atoms with Gasteiger partial charge in [0.25, 0.3) is 0 Å². The molecule has 0 aromatic carbocycles. The van der Waals surface area contributed by atoms with Crippen LogP contribution in [-0.2, 0) is 17.8 Å². The molecule has 5 nitrogen and oxygen atoms in total. The zero-order valence-corrected chi connectivity index (χ0v) is 8.97. The van der Waals surface area contributed by atoms with Crippen LogP contribution in [0.3, 0.4) is 0 Å². The van der Waals surface area contributed by atoms with E-state index < -0.39 is 11.4 Å². The largest absolute Gasteiger partial charge is 0.481 e. The second-order valence-electron chi connectivity index (χ2n) is 3.60. The SMILES string of the molecule is C=CC(C)(Cc1ncnn1CC)C(=O)O. The number of hydrogen-bond acceptors (Lipinski definition) is 3. The summed E-state index contributed by atoms with van der Waals surface area (Å²) >= 11 is 0. The van der Waals surface area contributed by atoms with E-state index in [9.17, 15) is 4.79 Å². The Morgan fingerprint density at radius 1 is 1.80 bits per heavy atom. The van der Waals surface area contributed by atoms with Crippen LogP contribution >= 0.6 is 0 Å². The molecule has 1 aromatic rings. The molecular formula is C10H15N3O2. The maximum absolute atomic E-state index is 11.0. The van der Waals surface area contributed by atoms with Gasteiger partial charge in [-0.3, -0.25) is 9.48 Å². The van der Waals surface area contributed by atoms with Gasteiger partial charge in [0.2, 0.25) is 0 Å². The van der Waals surface area contributed by atoms with E-state index in [0.29, 0.717) is 18.8 Å². The molecule has 1 N–H and O–H groups in total. The average molecular weight is 209 g/mol. The molecule has 0 fully saturated rings. The summed E-state index contributed by atoms with van der Waals surface area (Å²) in [5.41, 5.74) is -0.986. The van der Waals surface area contributed by atoms with E-state index in [1.165, 1.54) is 12.4 Å². The highest BCUT2D eigenvalue weighted by Gasteiger charge is 2.31. The van der Waals surface area contributed by atoms with Gasteiger partial charge in [-0.25, -0.2) is 4.98 Å². The fourth-order valence-corrected chi connectivity index (χ4v) is 1.25. The van der Waals surface area contributed by atoms with Crippen LogP contribution in [0.5, 0.6) is 0 Å². The van der Waals surface area contributed by atoms with E-state index in [1.807, 2.05) is 6.92 Å². The van der Waals surface area contributed by atoms with Crippen LogP contribution in [0, 0.1) is 5.41 Å². The Hall–Kier alpha value is -1.65. The third-order valence-electron chi connectivity index (χ3n) is 2.46. The minimum absolute atomic E-state index is 0.305. The number of aromatic nitrogens is 3. The quantitative estimate of drug-likeness (QED) is 0.738. The highest BCUT2D eigenvalue weighted by Crippen LogP contribution is 2.23. The van der Waals surface area contributed by atoms with E-state index in [4.69, 9.17) is 5.11 Å². The Morgan fingerprint density at radius 2 is 2.47 bits per heavy atom. The monoisotopic (exact) mass is 209 g/mol. The van der Waals surface area contributed by atoms with Gasteiger partial charge in [0.15, 0.2) is 0 Å². The fourth-order valence-electron chi connectivity index (χ4n) is 1.25. The van der Waals surface area contributed by atoms with Crippen molar-refractivity contribution in [2.45, 2.75) is 26.8 Å². The van der Waals surface area contributed by atoms with Crippen molar-refractivity contribution in [3.63, 3.8) is 0 Å².